The Kier molecular flexibility index (Phi) is 6.80. The van der Waals surface area contributed by atoms with Gasteiger partial charge < -0.3 is 9.84 Å². The molecule has 0 saturated carbocycles. The third-order valence-corrected chi connectivity index (χ3v) is 5.25. The van der Waals surface area contributed by atoms with Crippen LogP contribution in [0.3, 0.4) is 0 Å². The zero-order valence-corrected chi connectivity index (χ0v) is 18.1. The van der Waals surface area contributed by atoms with E-state index in [1.807, 2.05) is 12.1 Å². The summed E-state index contributed by atoms with van der Waals surface area (Å²) in [4.78, 5) is 22.8. The van der Waals surface area contributed by atoms with Crippen LogP contribution in [0.2, 0.25) is 10.0 Å². The number of phenols is 1. The molecule has 0 unspecified atom stereocenters. The van der Waals surface area contributed by atoms with E-state index in [1.165, 1.54) is 13.8 Å². The van der Waals surface area contributed by atoms with Gasteiger partial charge in [0.2, 0.25) is 0 Å². The predicted octanol–water partition coefficient (Wildman–Crippen LogP) is 6.13. The van der Waals surface area contributed by atoms with E-state index in [9.17, 15) is 14.7 Å². The van der Waals surface area contributed by atoms with Crippen LogP contribution < -0.4 is 4.74 Å². The summed E-state index contributed by atoms with van der Waals surface area (Å²) in [5.41, 5.74) is 3.53. The number of ketones is 2. The summed E-state index contributed by atoms with van der Waals surface area (Å²) in [6.07, 6.45) is 0.435. The molecule has 0 spiro atoms. The average Bonchev–Trinajstić information content (AvgIpc) is 2.70. The van der Waals surface area contributed by atoms with Crippen molar-refractivity contribution < 1.29 is 19.4 Å². The maximum atomic E-state index is 11.7. The minimum atomic E-state index is -0.100. The number of hydrogen-bond donors (Lipinski definition) is 1. The fourth-order valence-electron chi connectivity index (χ4n) is 3.05. The summed E-state index contributed by atoms with van der Waals surface area (Å²) < 4.78 is 5.38. The molecule has 30 heavy (non-hydrogen) atoms. The van der Waals surface area contributed by atoms with Gasteiger partial charge in [-0.15, -0.1) is 0 Å². The minimum absolute atomic E-state index is 0.0434. The third kappa shape index (κ3) is 5.21. The lowest BCUT2D eigenvalue weighted by Crippen LogP contribution is -2.06. The number of aromatic hydroxyl groups is 1. The first-order chi connectivity index (χ1) is 14.2. The highest BCUT2D eigenvalue weighted by Crippen LogP contribution is 2.35. The van der Waals surface area contributed by atoms with Gasteiger partial charge in [0.25, 0.3) is 0 Å². The van der Waals surface area contributed by atoms with Gasteiger partial charge in [0.05, 0.1) is 0 Å². The molecule has 0 saturated heterocycles. The molecule has 0 bridgehead atoms. The molecular formula is C24H20Cl2O4. The van der Waals surface area contributed by atoms with Crippen molar-refractivity contribution in [3.05, 3.63) is 81.3 Å². The zero-order chi connectivity index (χ0) is 21.8. The Morgan fingerprint density at radius 1 is 0.967 bits per heavy atom. The van der Waals surface area contributed by atoms with E-state index in [1.54, 1.807) is 42.5 Å². The van der Waals surface area contributed by atoms with E-state index in [0.29, 0.717) is 38.9 Å². The normalized spacial score (nSPS) is 10.7. The van der Waals surface area contributed by atoms with Crippen LogP contribution in [0.15, 0.2) is 54.6 Å². The topological polar surface area (TPSA) is 63.6 Å². The lowest BCUT2D eigenvalue weighted by molar-refractivity contribution is -0.118. The summed E-state index contributed by atoms with van der Waals surface area (Å²) in [5, 5.41) is 11.2. The second-order valence-corrected chi connectivity index (χ2v) is 7.84. The van der Waals surface area contributed by atoms with Crippen molar-refractivity contribution >= 4 is 34.8 Å². The van der Waals surface area contributed by atoms with E-state index in [-0.39, 0.29) is 23.9 Å². The van der Waals surface area contributed by atoms with Gasteiger partial charge in [-0.3, -0.25) is 9.59 Å². The van der Waals surface area contributed by atoms with E-state index in [4.69, 9.17) is 27.9 Å². The average molecular weight is 443 g/mol. The van der Waals surface area contributed by atoms with Gasteiger partial charge in [-0.05, 0) is 60.9 Å². The van der Waals surface area contributed by atoms with E-state index in [2.05, 4.69) is 0 Å². The number of phenolic OH excluding ortho intramolecular Hbond substituents is 1. The minimum Gasteiger partial charge on any atom is -0.507 e. The van der Waals surface area contributed by atoms with Crippen molar-refractivity contribution in [1.82, 2.24) is 0 Å². The fraction of sp³-hybridized carbons (Fsp3) is 0.167. The molecule has 4 nitrogen and oxygen atoms in total. The number of rotatable bonds is 7. The number of halogens is 2. The van der Waals surface area contributed by atoms with Gasteiger partial charge in [-0.25, -0.2) is 0 Å². The molecule has 0 amide bonds. The molecule has 3 rings (SSSR count). The Morgan fingerprint density at radius 3 is 2.30 bits per heavy atom. The monoisotopic (exact) mass is 442 g/mol. The van der Waals surface area contributed by atoms with Gasteiger partial charge in [0, 0.05) is 27.6 Å². The van der Waals surface area contributed by atoms with E-state index in [0.717, 1.165) is 11.1 Å². The second kappa shape index (κ2) is 9.33. The maximum absolute atomic E-state index is 11.7. The first-order valence-corrected chi connectivity index (χ1v) is 10.0. The smallest absolute Gasteiger partial charge is 0.167 e. The van der Waals surface area contributed by atoms with Crippen molar-refractivity contribution in [2.24, 2.45) is 0 Å². The molecule has 0 fully saturated rings. The largest absolute Gasteiger partial charge is 0.507 e. The Labute approximate surface area is 185 Å². The van der Waals surface area contributed by atoms with Crippen LogP contribution in [0.25, 0.3) is 11.1 Å². The molecule has 0 heterocycles. The Hall–Kier alpha value is -2.82. The molecule has 154 valence electrons. The zero-order valence-electron chi connectivity index (χ0n) is 16.5. The molecule has 0 aromatic heterocycles. The van der Waals surface area contributed by atoms with Crippen molar-refractivity contribution in [3.63, 3.8) is 0 Å². The van der Waals surface area contributed by atoms with Crippen LogP contribution in [0.1, 0.15) is 35.3 Å². The van der Waals surface area contributed by atoms with Crippen molar-refractivity contribution in [2.75, 3.05) is 6.61 Å². The van der Waals surface area contributed by atoms with E-state index < -0.39 is 0 Å². The summed E-state index contributed by atoms with van der Waals surface area (Å²) >= 11 is 12.8. The number of ether oxygens (including phenoxy) is 1. The summed E-state index contributed by atoms with van der Waals surface area (Å²) in [6, 6.07) is 15.6. The first-order valence-electron chi connectivity index (χ1n) is 9.28. The van der Waals surface area contributed by atoms with Gasteiger partial charge in [-0.1, -0.05) is 47.5 Å². The molecule has 0 atom stereocenters. The van der Waals surface area contributed by atoms with Crippen molar-refractivity contribution in [2.45, 2.75) is 20.3 Å². The summed E-state index contributed by atoms with van der Waals surface area (Å²) in [5.74, 6) is 0.399. The molecule has 6 heteroatoms. The van der Waals surface area contributed by atoms with Crippen LogP contribution in [0, 0.1) is 0 Å². The van der Waals surface area contributed by atoms with Crippen molar-refractivity contribution in [1.29, 1.82) is 0 Å². The Bertz CT molecular complexity index is 1100. The van der Waals surface area contributed by atoms with E-state index >= 15 is 0 Å². The van der Waals surface area contributed by atoms with Gasteiger partial charge >= 0.3 is 0 Å². The van der Waals surface area contributed by atoms with Crippen LogP contribution in [0.4, 0.5) is 0 Å². The highest BCUT2D eigenvalue weighted by molar-refractivity contribution is 6.36. The van der Waals surface area contributed by atoms with Crippen molar-refractivity contribution in [3.8, 4) is 22.6 Å². The van der Waals surface area contributed by atoms with Crippen LogP contribution >= 0.6 is 23.2 Å². The number of carbonyl (C=O) groups excluding carboxylic acids is 2. The quantitative estimate of drug-likeness (QED) is 0.447. The fourth-order valence-corrected chi connectivity index (χ4v) is 3.65. The van der Waals surface area contributed by atoms with Gasteiger partial charge in [-0.2, -0.15) is 0 Å². The first kappa shape index (κ1) is 21.9. The molecule has 0 aliphatic carbocycles. The van der Waals surface area contributed by atoms with Gasteiger partial charge in [0.1, 0.15) is 18.1 Å². The molecule has 0 aliphatic heterocycles. The molecule has 3 aromatic rings. The lowest BCUT2D eigenvalue weighted by atomic mass is 9.96. The van der Waals surface area contributed by atoms with Crippen LogP contribution in [0.5, 0.6) is 11.5 Å². The summed E-state index contributed by atoms with van der Waals surface area (Å²) in [6.45, 7) is 2.89. The number of hydrogen-bond acceptors (Lipinski definition) is 4. The molecule has 0 aliphatic rings. The lowest BCUT2D eigenvalue weighted by Gasteiger charge is -2.13. The second-order valence-electron chi connectivity index (χ2n) is 7.02. The Balaban J connectivity index is 1.91. The molecular weight excluding hydrogens is 423 g/mol. The summed E-state index contributed by atoms with van der Waals surface area (Å²) in [7, 11) is 0. The van der Waals surface area contributed by atoms with Gasteiger partial charge in [0.15, 0.2) is 11.6 Å². The third-order valence-electron chi connectivity index (χ3n) is 4.58. The standard InChI is InChI=1S/C24H20Cl2O4/c1-14(27)13-30-19-11-22(25)21(23(26)12-19)9-16-6-7-24(29)20(8-16)18-5-3-4-17(10-18)15(2)28/h3-8,10-12,29H,9,13H2,1-2H3. The predicted molar refractivity (Wildman–Crippen MR) is 119 cm³/mol. The SMILES string of the molecule is CC(=O)COc1cc(Cl)c(Cc2ccc(O)c(-c3cccc(C(C)=O)c3)c2)c(Cl)c1. The molecule has 3 aromatic carbocycles. The number of Topliss-reactive ketones (excluding diaryl/α,β-unsaturated/α-hetero) is 2. The maximum Gasteiger partial charge on any atom is 0.167 e. The van der Waals surface area contributed by atoms with Crippen LogP contribution in [-0.4, -0.2) is 23.3 Å². The number of benzene rings is 3. The number of carbonyl (C=O) groups is 2. The highest BCUT2D eigenvalue weighted by Gasteiger charge is 2.13. The molecule has 1 N–H and O–H groups in total. The highest BCUT2D eigenvalue weighted by atomic mass is 35.5. The van der Waals surface area contributed by atoms with Crippen LogP contribution in [-0.2, 0) is 11.2 Å². The molecule has 0 radical (unpaired) electrons. The Morgan fingerprint density at radius 2 is 1.67 bits per heavy atom.